The molecule has 3 aromatic rings. The fourth-order valence-corrected chi connectivity index (χ4v) is 5.09. The Kier molecular flexibility index (Phi) is 5.22. The molecule has 3 aromatic carbocycles. The van der Waals surface area contributed by atoms with Crippen molar-refractivity contribution in [1.82, 2.24) is 5.32 Å². The number of hydrogen-bond donors (Lipinski definition) is 1. The molecule has 31 heavy (non-hydrogen) atoms. The number of benzene rings is 3. The van der Waals surface area contributed by atoms with Gasteiger partial charge in [0, 0.05) is 22.6 Å². The Balaban J connectivity index is 1.80. The monoisotopic (exact) mass is 441 g/mol. The molecule has 1 unspecified atom stereocenters. The summed E-state index contributed by atoms with van der Waals surface area (Å²) in [6.45, 7) is 2.12. The molecule has 152 valence electrons. The average Bonchev–Trinajstić information content (AvgIpc) is 3.11. The number of amides is 1. The van der Waals surface area contributed by atoms with Gasteiger partial charge in [0.15, 0.2) is 0 Å². The molecule has 0 aliphatic carbocycles. The van der Waals surface area contributed by atoms with E-state index >= 15 is 0 Å². The quantitative estimate of drug-likeness (QED) is 0.402. The summed E-state index contributed by atoms with van der Waals surface area (Å²) in [6, 6.07) is 26.5. The summed E-state index contributed by atoms with van der Waals surface area (Å²) in [5, 5.41) is 2.72. The van der Waals surface area contributed by atoms with E-state index in [-0.39, 0.29) is 11.8 Å². The van der Waals surface area contributed by atoms with Gasteiger partial charge in [-0.3, -0.25) is 4.79 Å². The first-order valence-electron chi connectivity index (χ1n) is 9.98. The maximum Gasteiger partial charge on any atom is 0.263 e. The third-order valence-electron chi connectivity index (χ3n) is 5.48. The molecule has 1 atom stereocenters. The van der Waals surface area contributed by atoms with Crippen molar-refractivity contribution in [3.05, 3.63) is 118 Å². The number of thiocarbonyl (C=S) groups is 1. The van der Waals surface area contributed by atoms with Crippen LogP contribution in [-0.2, 0) is 4.79 Å². The van der Waals surface area contributed by atoms with Gasteiger partial charge >= 0.3 is 0 Å². The highest BCUT2D eigenvalue weighted by molar-refractivity contribution is 8.26. The van der Waals surface area contributed by atoms with E-state index in [1.165, 1.54) is 22.9 Å². The van der Waals surface area contributed by atoms with Crippen molar-refractivity contribution >= 4 is 40.0 Å². The van der Waals surface area contributed by atoms with Gasteiger partial charge in [0.25, 0.3) is 5.91 Å². The average molecular weight is 442 g/mol. The number of ether oxygens (including phenoxy) is 1. The van der Waals surface area contributed by atoms with Crippen LogP contribution in [0.4, 0.5) is 0 Å². The second-order valence-corrected chi connectivity index (χ2v) is 9.15. The van der Waals surface area contributed by atoms with Crippen LogP contribution in [0.1, 0.15) is 28.2 Å². The third-order valence-corrected chi connectivity index (χ3v) is 6.64. The van der Waals surface area contributed by atoms with Crippen LogP contribution in [0.5, 0.6) is 5.75 Å². The molecule has 1 N–H and O–H groups in total. The SMILES string of the molecule is Cc1ccccc1C1C(C=C2SC(=S)NC2=O)=C(c2ccccc2)Oc2ccccc21. The maximum absolute atomic E-state index is 12.5. The number of nitrogens with one attached hydrogen (secondary N) is 1. The summed E-state index contributed by atoms with van der Waals surface area (Å²) >= 11 is 6.50. The zero-order valence-electron chi connectivity index (χ0n) is 16.8. The first kappa shape index (κ1) is 19.8. The van der Waals surface area contributed by atoms with Crippen LogP contribution in [0.15, 0.2) is 95.4 Å². The number of aryl methyl sites for hydroxylation is 1. The van der Waals surface area contributed by atoms with Crippen LogP contribution in [-0.4, -0.2) is 10.2 Å². The molecule has 0 radical (unpaired) electrons. The van der Waals surface area contributed by atoms with Gasteiger partial charge in [-0.1, -0.05) is 96.8 Å². The van der Waals surface area contributed by atoms with Gasteiger partial charge in [0.05, 0.1) is 4.91 Å². The minimum absolute atomic E-state index is 0.0728. The summed E-state index contributed by atoms with van der Waals surface area (Å²) < 4.78 is 6.93. The molecule has 2 heterocycles. The molecular weight excluding hydrogens is 422 g/mol. The van der Waals surface area contributed by atoms with Crippen molar-refractivity contribution in [1.29, 1.82) is 0 Å². The second-order valence-electron chi connectivity index (χ2n) is 7.43. The van der Waals surface area contributed by atoms with Gasteiger partial charge in [0.2, 0.25) is 0 Å². The molecule has 0 bridgehead atoms. The highest BCUT2D eigenvalue weighted by Crippen LogP contribution is 2.47. The van der Waals surface area contributed by atoms with E-state index in [0.717, 1.165) is 28.2 Å². The zero-order chi connectivity index (χ0) is 21.4. The summed E-state index contributed by atoms with van der Waals surface area (Å²) in [7, 11) is 0. The molecule has 2 aliphatic rings. The number of allylic oxidation sites excluding steroid dienone is 2. The molecule has 5 rings (SSSR count). The fourth-order valence-electron chi connectivity index (χ4n) is 4.05. The molecule has 3 nitrogen and oxygen atoms in total. The Labute approximate surface area is 190 Å². The summed E-state index contributed by atoms with van der Waals surface area (Å²) in [4.78, 5) is 13.1. The van der Waals surface area contributed by atoms with Crippen molar-refractivity contribution in [2.24, 2.45) is 0 Å². The lowest BCUT2D eigenvalue weighted by molar-refractivity contribution is -0.115. The third kappa shape index (κ3) is 3.71. The Hall–Kier alpha value is -3.15. The lowest BCUT2D eigenvalue weighted by Gasteiger charge is -2.31. The van der Waals surface area contributed by atoms with Crippen molar-refractivity contribution in [2.75, 3.05) is 0 Å². The van der Waals surface area contributed by atoms with Gasteiger partial charge in [0.1, 0.15) is 15.8 Å². The molecule has 0 saturated carbocycles. The number of carbonyl (C=O) groups is 1. The van der Waals surface area contributed by atoms with Gasteiger partial charge in [-0.15, -0.1) is 0 Å². The van der Waals surface area contributed by atoms with E-state index < -0.39 is 0 Å². The number of para-hydroxylation sites is 1. The van der Waals surface area contributed by atoms with Crippen LogP contribution in [0.2, 0.25) is 0 Å². The van der Waals surface area contributed by atoms with Crippen LogP contribution in [0, 0.1) is 6.92 Å². The van der Waals surface area contributed by atoms with Crippen molar-refractivity contribution in [3.63, 3.8) is 0 Å². The van der Waals surface area contributed by atoms with E-state index in [1.807, 2.05) is 60.7 Å². The summed E-state index contributed by atoms with van der Waals surface area (Å²) in [6.07, 6.45) is 1.94. The Bertz CT molecular complexity index is 1260. The number of hydrogen-bond acceptors (Lipinski definition) is 4. The van der Waals surface area contributed by atoms with Crippen molar-refractivity contribution in [2.45, 2.75) is 12.8 Å². The molecule has 2 aliphatic heterocycles. The molecular formula is C26H19NO2S2. The van der Waals surface area contributed by atoms with Crippen molar-refractivity contribution in [3.8, 4) is 5.75 Å². The second kappa shape index (κ2) is 8.17. The Morgan fingerprint density at radius 3 is 2.32 bits per heavy atom. The van der Waals surface area contributed by atoms with Gasteiger partial charge in [-0.05, 0) is 30.2 Å². The van der Waals surface area contributed by atoms with E-state index in [0.29, 0.717) is 9.23 Å². The standard InChI is InChI=1S/C26H19NO2S2/c1-16-9-5-6-12-18(16)23-19-13-7-8-14-21(19)29-24(17-10-3-2-4-11-17)20(23)15-22-25(28)27-26(30)31-22/h2-15,23H,1H3,(H,27,28,30). The van der Waals surface area contributed by atoms with Crippen LogP contribution in [0.25, 0.3) is 5.76 Å². The molecule has 0 aromatic heterocycles. The maximum atomic E-state index is 12.5. The largest absolute Gasteiger partial charge is 0.456 e. The lowest BCUT2D eigenvalue weighted by atomic mass is 9.79. The zero-order valence-corrected chi connectivity index (χ0v) is 18.4. The Morgan fingerprint density at radius 1 is 0.935 bits per heavy atom. The smallest absolute Gasteiger partial charge is 0.263 e. The first-order valence-corrected chi connectivity index (χ1v) is 11.2. The molecule has 1 saturated heterocycles. The number of rotatable bonds is 3. The van der Waals surface area contributed by atoms with E-state index in [9.17, 15) is 4.79 Å². The van der Waals surface area contributed by atoms with Gasteiger partial charge in [-0.25, -0.2) is 0 Å². The topological polar surface area (TPSA) is 38.3 Å². The molecule has 1 fully saturated rings. The predicted octanol–water partition coefficient (Wildman–Crippen LogP) is 5.96. The number of carbonyl (C=O) groups excluding carboxylic acids is 1. The van der Waals surface area contributed by atoms with E-state index in [4.69, 9.17) is 17.0 Å². The van der Waals surface area contributed by atoms with Gasteiger partial charge < -0.3 is 10.1 Å². The predicted molar refractivity (Wildman–Crippen MR) is 130 cm³/mol. The van der Waals surface area contributed by atoms with E-state index in [2.05, 4.69) is 36.5 Å². The number of fused-ring (bicyclic) bond motifs is 1. The number of thioether (sulfide) groups is 1. The lowest BCUT2D eigenvalue weighted by Crippen LogP contribution is -2.19. The summed E-state index contributed by atoms with van der Waals surface area (Å²) in [5.41, 5.74) is 5.36. The van der Waals surface area contributed by atoms with Crippen LogP contribution >= 0.6 is 24.0 Å². The van der Waals surface area contributed by atoms with Gasteiger partial charge in [-0.2, -0.15) is 0 Å². The normalized spacial score (nSPS) is 19.3. The first-order chi connectivity index (χ1) is 15.1. The highest BCUT2D eigenvalue weighted by Gasteiger charge is 2.33. The van der Waals surface area contributed by atoms with Crippen molar-refractivity contribution < 1.29 is 9.53 Å². The summed E-state index contributed by atoms with van der Waals surface area (Å²) in [5.74, 6) is 1.34. The van der Waals surface area contributed by atoms with E-state index in [1.54, 1.807) is 0 Å². The molecule has 0 spiro atoms. The molecule has 5 heteroatoms. The molecule has 1 amide bonds. The minimum Gasteiger partial charge on any atom is -0.456 e. The van der Waals surface area contributed by atoms with Crippen LogP contribution < -0.4 is 10.1 Å². The van der Waals surface area contributed by atoms with Crippen LogP contribution in [0.3, 0.4) is 0 Å². The fraction of sp³-hybridized carbons (Fsp3) is 0.0769. The highest BCUT2D eigenvalue weighted by atomic mass is 32.2. The Morgan fingerprint density at radius 2 is 1.61 bits per heavy atom. The minimum atomic E-state index is -0.169.